The quantitative estimate of drug-likeness (QED) is 0.540. The molecular formula is C21H21N3O2S. The summed E-state index contributed by atoms with van der Waals surface area (Å²) in [5.74, 6) is -0.150. The molecule has 0 aliphatic heterocycles. The van der Waals surface area contributed by atoms with E-state index in [9.17, 15) is 8.42 Å². The lowest BCUT2D eigenvalue weighted by molar-refractivity contribution is 0.599. The first-order valence-corrected chi connectivity index (χ1v) is 10.2. The number of rotatable bonds is 5. The number of pyridine rings is 1. The molecular weight excluding hydrogens is 358 g/mol. The van der Waals surface area contributed by atoms with E-state index in [0.717, 1.165) is 22.4 Å². The van der Waals surface area contributed by atoms with Crippen LogP contribution in [0.5, 0.6) is 0 Å². The Bertz CT molecular complexity index is 1080. The molecule has 0 amide bonds. The predicted molar refractivity (Wildman–Crippen MR) is 110 cm³/mol. The molecule has 1 heterocycles. The summed E-state index contributed by atoms with van der Waals surface area (Å²) in [4.78, 5) is 4.65. The van der Waals surface area contributed by atoms with Crippen LogP contribution in [0.15, 0.2) is 71.1 Å². The zero-order chi connectivity index (χ0) is 19.4. The Labute approximate surface area is 159 Å². The first kappa shape index (κ1) is 18.8. The number of amidine groups is 1. The van der Waals surface area contributed by atoms with E-state index in [0.29, 0.717) is 11.3 Å². The van der Waals surface area contributed by atoms with Gasteiger partial charge in [-0.3, -0.25) is 4.98 Å². The average Bonchev–Trinajstić information content (AvgIpc) is 2.68. The second-order valence-corrected chi connectivity index (χ2v) is 8.02. The molecule has 0 saturated carbocycles. The van der Waals surface area contributed by atoms with Crippen molar-refractivity contribution >= 4 is 15.9 Å². The smallest absolute Gasteiger partial charge is 0.254 e. The molecule has 6 heteroatoms. The number of aryl methyl sites for hydroxylation is 1. The number of nitrogens with zero attached hydrogens (tertiary/aromatic N) is 2. The number of aromatic nitrogens is 1. The van der Waals surface area contributed by atoms with Crippen LogP contribution in [0.2, 0.25) is 0 Å². The normalized spacial score (nSPS) is 12.1. The molecule has 0 aliphatic rings. The third-order valence-electron chi connectivity index (χ3n) is 4.21. The van der Waals surface area contributed by atoms with Crippen LogP contribution in [0.25, 0.3) is 22.4 Å². The molecule has 0 bridgehead atoms. The monoisotopic (exact) mass is 379 g/mol. The topological polar surface area (TPSA) is 85.4 Å². The van der Waals surface area contributed by atoms with E-state index in [4.69, 9.17) is 5.73 Å². The van der Waals surface area contributed by atoms with Gasteiger partial charge in [0.1, 0.15) is 5.84 Å². The summed E-state index contributed by atoms with van der Waals surface area (Å²) in [7, 11) is -3.61. The molecule has 3 rings (SSSR count). The van der Waals surface area contributed by atoms with Gasteiger partial charge in [-0.1, -0.05) is 60.7 Å². The van der Waals surface area contributed by atoms with E-state index in [1.54, 1.807) is 0 Å². The minimum absolute atomic E-state index is 0.0414. The highest BCUT2D eigenvalue weighted by atomic mass is 32.2. The minimum atomic E-state index is -3.61. The zero-order valence-corrected chi connectivity index (χ0v) is 16.1. The van der Waals surface area contributed by atoms with Gasteiger partial charge in [0.2, 0.25) is 0 Å². The average molecular weight is 379 g/mol. The third-order valence-corrected chi connectivity index (χ3v) is 5.42. The van der Waals surface area contributed by atoms with Crippen molar-refractivity contribution in [3.63, 3.8) is 0 Å². The lowest BCUT2D eigenvalue weighted by Crippen LogP contribution is -2.20. The molecule has 0 saturated heterocycles. The lowest BCUT2D eigenvalue weighted by Gasteiger charge is -2.15. The molecule has 0 radical (unpaired) electrons. The molecule has 27 heavy (non-hydrogen) atoms. The van der Waals surface area contributed by atoms with E-state index in [1.807, 2.05) is 73.7 Å². The number of sulfonamides is 1. The molecule has 0 atom stereocenters. The predicted octanol–water partition coefficient (Wildman–Crippen LogP) is 3.78. The van der Waals surface area contributed by atoms with Gasteiger partial charge in [0.25, 0.3) is 10.0 Å². The Morgan fingerprint density at radius 3 is 2.11 bits per heavy atom. The lowest BCUT2D eigenvalue weighted by atomic mass is 9.96. The highest BCUT2D eigenvalue weighted by Gasteiger charge is 2.17. The van der Waals surface area contributed by atoms with Crippen LogP contribution in [0, 0.1) is 6.92 Å². The van der Waals surface area contributed by atoms with Gasteiger partial charge >= 0.3 is 0 Å². The second-order valence-electron chi connectivity index (χ2n) is 6.09. The summed E-state index contributed by atoms with van der Waals surface area (Å²) in [6.45, 7) is 3.35. The summed E-state index contributed by atoms with van der Waals surface area (Å²) < 4.78 is 27.7. The summed E-state index contributed by atoms with van der Waals surface area (Å²) in [6, 6.07) is 21.4. The van der Waals surface area contributed by atoms with Crippen molar-refractivity contribution in [3.8, 4) is 22.4 Å². The first-order valence-electron chi connectivity index (χ1n) is 8.62. The van der Waals surface area contributed by atoms with Crippen molar-refractivity contribution in [2.75, 3.05) is 5.75 Å². The van der Waals surface area contributed by atoms with Crippen LogP contribution in [-0.4, -0.2) is 25.0 Å². The highest BCUT2D eigenvalue weighted by molar-refractivity contribution is 7.90. The Balaban J connectivity index is 2.27. The number of hydrogen-bond acceptors (Lipinski definition) is 3. The Morgan fingerprint density at radius 1 is 1.00 bits per heavy atom. The first-order chi connectivity index (χ1) is 12.9. The zero-order valence-electron chi connectivity index (χ0n) is 15.3. The Kier molecular flexibility index (Phi) is 5.37. The molecule has 3 aromatic rings. The van der Waals surface area contributed by atoms with E-state index in [-0.39, 0.29) is 11.6 Å². The van der Waals surface area contributed by atoms with Gasteiger partial charge < -0.3 is 5.73 Å². The van der Waals surface area contributed by atoms with E-state index in [1.165, 1.54) is 6.92 Å². The van der Waals surface area contributed by atoms with Gasteiger partial charge in [0.15, 0.2) is 0 Å². The summed E-state index contributed by atoms with van der Waals surface area (Å²) in [6.07, 6.45) is 0. The maximum absolute atomic E-state index is 11.9. The van der Waals surface area contributed by atoms with Gasteiger partial charge in [-0.05, 0) is 31.0 Å². The van der Waals surface area contributed by atoms with Crippen LogP contribution in [0.4, 0.5) is 0 Å². The number of nitrogens with two attached hydrogens (primary N) is 1. The van der Waals surface area contributed by atoms with Gasteiger partial charge in [0, 0.05) is 16.8 Å². The van der Waals surface area contributed by atoms with Crippen molar-refractivity contribution in [1.29, 1.82) is 0 Å². The van der Waals surface area contributed by atoms with Crippen LogP contribution < -0.4 is 5.73 Å². The van der Waals surface area contributed by atoms with Gasteiger partial charge in [0.05, 0.1) is 11.4 Å². The maximum atomic E-state index is 11.9. The highest BCUT2D eigenvalue weighted by Crippen LogP contribution is 2.30. The van der Waals surface area contributed by atoms with Crippen LogP contribution in [-0.2, 0) is 10.0 Å². The Morgan fingerprint density at radius 2 is 1.56 bits per heavy atom. The van der Waals surface area contributed by atoms with Crippen molar-refractivity contribution in [3.05, 3.63) is 78.0 Å². The molecule has 0 aliphatic carbocycles. The summed E-state index contributed by atoms with van der Waals surface area (Å²) in [5, 5.41) is 0. The van der Waals surface area contributed by atoms with Crippen molar-refractivity contribution < 1.29 is 8.42 Å². The van der Waals surface area contributed by atoms with Crippen molar-refractivity contribution in [1.82, 2.24) is 4.98 Å². The van der Waals surface area contributed by atoms with Crippen LogP contribution in [0.1, 0.15) is 18.2 Å². The van der Waals surface area contributed by atoms with Crippen molar-refractivity contribution in [2.24, 2.45) is 10.1 Å². The van der Waals surface area contributed by atoms with Gasteiger partial charge in [-0.25, -0.2) is 8.42 Å². The number of benzene rings is 2. The van der Waals surface area contributed by atoms with Crippen LogP contribution >= 0.6 is 0 Å². The van der Waals surface area contributed by atoms with Gasteiger partial charge in [-0.2, -0.15) is 0 Å². The summed E-state index contributed by atoms with van der Waals surface area (Å²) in [5.41, 5.74) is 10.8. The fourth-order valence-electron chi connectivity index (χ4n) is 2.86. The third kappa shape index (κ3) is 4.23. The largest absolute Gasteiger partial charge is 0.382 e. The molecule has 0 fully saturated rings. The number of hydrogen-bond donors (Lipinski definition) is 1. The molecule has 5 nitrogen and oxygen atoms in total. The minimum Gasteiger partial charge on any atom is -0.382 e. The second kappa shape index (κ2) is 7.72. The van der Waals surface area contributed by atoms with E-state index >= 15 is 0 Å². The van der Waals surface area contributed by atoms with E-state index in [2.05, 4.69) is 9.38 Å². The maximum Gasteiger partial charge on any atom is 0.254 e. The SMILES string of the molecule is CCS(=O)(=O)/N=C(\N)c1c(-c2ccccc2)cc(-c2ccccc2)nc1C. The van der Waals surface area contributed by atoms with Crippen molar-refractivity contribution in [2.45, 2.75) is 13.8 Å². The fourth-order valence-corrected chi connectivity index (χ4v) is 3.38. The molecule has 2 aromatic carbocycles. The molecule has 0 spiro atoms. The summed E-state index contributed by atoms with van der Waals surface area (Å²) >= 11 is 0. The molecule has 0 unspecified atom stereocenters. The van der Waals surface area contributed by atoms with E-state index < -0.39 is 10.0 Å². The Hall–Kier alpha value is -2.99. The fraction of sp³-hybridized carbons (Fsp3) is 0.143. The molecule has 2 N–H and O–H groups in total. The standard InChI is InChI=1S/C21H21N3O2S/c1-3-27(25,26)24-21(22)20-15(2)23-19(17-12-8-5-9-13-17)14-18(20)16-10-6-4-7-11-16/h4-14H,3H2,1-2H3,(H2,22,24). The molecule has 138 valence electrons. The van der Waals surface area contributed by atoms with Crippen LogP contribution in [0.3, 0.4) is 0 Å². The van der Waals surface area contributed by atoms with Gasteiger partial charge in [-0.15, -0.1) is 4.40 Å². The molecule has 1 aromatic heterocycles.